The van der Waals surface area contributed by atoms with Crippen molar-refractivity contribution >= 4 is 29.5 Å². The van der Waals surface area contributed by atoms with Crippen LogP contribution < -0.4 is 10.1 Å². The minimum absolute atomic E-state index is 0.145. The average molecular weight is 356 g/mol. The highest BCUT2D eigenvalue weighted by atomic mass is 35.5. The van der Waals surface area contributed by atoms with Crippen molar-refractivity contribution < 1.29 is 9.53 Å². The highest BCUT2D eigenvalue weighted by Crippen LogP contribution is 2.20. The maximum Gasteiger partial charge on any atom is 0.276 e. The number of nitrogens with zero attached hydrogens (tertiary/aromatic N) is 2. The number of benzene rings is 2. The van der Waals surface area contributed by atoms with Crippen LogP contribution in [-0.2, 0) is 11.3 Å². The van der Waals surface area contributed by atoms with E-state index in [4.69, 9.17) is 16.3 Å². The van der Waals surface area contributed by atoms with Gasteiger partial charge < -0.3 is 10.1 Å². The minimum atomic E-state index is -0.145. The van der Waals surface area contributed by atoms with Crippen molar-refractivity contribution in [3.63, 3.8) is 0 Å². The summed E-state index contributed by atoms with van der Waals surface area (Å²) in [6.45, 7) is 0.462. The lowest BCUT2D eigenvalue weighted by atomic mass is 10.2. The number of carbonyl (C=O) groups excluding carboxylic acids is 1. The van der Waals surface area contributed by atoms with Crippen LogP contribution in [0.1, 0.15) is 11.1 Å². The molecule has 6 heteroatoms. The molecule has 1 amide bonds. The van der Waals surface area contributed by atoms with Gasteiger partial charge in [-0.05, 0) is 35.4 Å². The Bertz CT molecular complexity index is 844. The second-order valence-corrected chi connectivity index (χ2v) is 5.96. The zero-order valence-electron chi connectivity index (χ0n) is 14.0. The number of hydrogen-bond donors (Lipinski definition) is 1. The molecule has 0 bridgehead atoms. The fraction of sp³-hybridized carbons (Fsp3) is 0.158. The van der Waals surface area contributed by atoms with Crippen molar-refractivity contribution in [3.8, 4) is 5.75 Å². The molecule has 5 nitrogen and oxygen atoms in total. The van der Waals surface area contributed by atoms with E-state index in [9.17, 15) is 4.79 Å². The molecular formula is C19H18ClN3O2. The van der Waals surface area contributed by atoms with Gasteiger partial charge in [-0.3, -0.25) is 9.69 Å². The smallest absolute Gasteiger partial charge is 0.276 e. The summed E-state index contributed by atoms with van der Waals surface area (Å²) in [5.74, 6) is 1.17. The first kappa shape index (κ1) is 17.0. The normalized spacial score (nSPS) is 17.2. The standard InChI is InChI=1S/C19H18ClN3O2/c1-23-18(24)17(11-14-5-3-4-6-16(14)20)22-19(23)21-12-13-7-9-15(25-2)10-8-13/h3-11H,12H2,1-2H3,(H,21,22)/b17-11-. The first-order valence-electron chi connectivity index (χ1n) is 7.77. The third-order valence-corrected chi connectivity index (χ3v) is 4.22. The van der Waals surface area contributed by atoms with Crippen LogP contribution in [0.15, 0.2) is 59.2 Å². The van der Waals surface area contributed by atoms with Crippen LogP contribution in [0.5, 0.6) is 5.75 Å². The number of likely N-dealkylation sites (N-methyl/N-ethyl adjacent to an activating group) is 1. The highest BCUT2D eigenvalue weighted by molar-refractivity contribution is 6.32. The van der Waals surface area contributed by atoms with Crippen LogP contribution in [0.2, 0.25) is 5.02 Å². The predicted octanol–water partition coefficient (Wildman–Crippen LogP) is 3.31. The summed E-state index contributed by atoms with van der Waals surface area (Å²) in [5.41, 5.74) is 2.26. The number of ether oxygens (including phenoxy) is 1. The minimum Gasteiger partial charge on any atom is -0.497 e. The zero-order chi connectivity index (χ0) is 17.8. The van der Waals surface area contributed by atoms with Gasteiger partial charge >= 0.3 is 0 Å². The van der Waals surface area contributed by atoms with E-state index in [1.165, 1.54) is 4.90 Å². The van der Waals surface area contributed by atoms with Crippen molar-refractivity contribution in [1.29, 1.82) is 0 Å². The molecule has 1 aliphatic heterocycles. The molecule has 2 aromatic carbocycles. The zero-order valence-corrected chi connectivity index (χ0v) is 14.7. The number of guanidine groups is 1. The van der Waals surface area contributed by atoms with Gasteiger partial charge in [-0.25, -0.2) is 4.99 Å². The summed E-state index contributed by atoms with van der Waals surface area (Å²) >= 11 is 6.15. The number of nitrogens with one attached hydrogen (secondary N) is 1. The molecule has 3 rings (SSSR count). The van der Waals surface area contributed by atoms with E-state index >= 15 is 0 Å². The molecule has 1 N–H and O–H groups in total. The molecule has 2 aromatic rings. The lowest BCUT2D eigenvalue weighted by Gasteiger charge is -2.07. The number of amides is 1. The molecule has 25 heavy (non-hydrogen) atoms. The van der Waals surface area contributed by atoms with Gasteiger partial charge in [0.1, 0.15) is 11.4 Å². The molecule has 0 aromatic heterocycles. The van der Waals surface area contributed by atoms with E-state index < -0.39 is 0 Å². The average Bonchev–Trinajstić information content (AvgIpc) is 2.90. The Morgan fingerprint density at radius 1 is 1.20 bits per heavy atom. The lowest BCUT2D eigenvalue weighted by Crippen LogP contribution is -2.28. The third-order valence-electron chi connectivity index (χ3n) is 3.87. The van der Waals surface area contributed by atoms with E-state index in [2.05, 4.69) is 10.3 Å². The summed E-state index contributed by atoms with van der Waals surface area (Å²) < 4.78 is 5.14. The largest absolute Gasteiger partial charge is 0.497 e. The van der Waals surface area contributed by atoms with Gasteiger partial charge in [-0.15, -0.1) is 0 Å². The van der Waals surface area contributed by atoms with Crippen LogP contribution in [0, 0.1) is 0 Å². The summed E-state index contributed by atoms with van der Waals surface area (Å²) in [7, 11) is 3.32. The summed E-state index contributed by atoms with van der Waals surface area (Å²) in [6, 6.07) is 15.0. The summed E-state index contributed by atoms with van der Waals surface area (Å²) in [5, 5.41) is 3.66. The molecule has 0 unspecified atom stereocenters. The van der Waals surface area contributed by atoms with E-state index in [0.29, 0.717) is 23.2 Å². The molecule has 0 radical (unpaired) electrons. The molecule has 128 valence electrons. The second-order valence-electron chi connectivity index (χ2n) is 5.56. The Morgan fingerprint density at radius 3 is 2.60 bits per heavy atom. The molecule has 1 fully saturated rings. The molecule has 1 saturated heterocycles. The molecule has 0 atom stereocenters. The third kappa shape index (κ3) is 3.83. The van der Waals surface area contributed by atoms with E-state index in [0.717, 1.165) is 16.9 Å². The van der Waals surface area contributed by atoms with E-state index in [1.54, 1.807) is 26.3 Å². The molecule has 1 aliphatic rings. The Hall–Kier alpha value is -2.79. The number of methoxy groups -OCH3 is 1. The van der Waals surface area contributed by atoms with Crippen molar-refractivity contribution in [2.24, 2.45) is 4.99 Å². The van der Waals surface area contributed by atoms with Crippen molar-refractivity contribution in [1.82, 2.24) is 10.2 Å². The second kappa shape index (κ2) is 7.40. The monoisotopic (exact) mass is 355 g/mol. The van der Waals surface area contributed by atoms with Crippen LogP contribution in [0.25, 0.3) is 6.08 Å². The quantitative estimate of drug-likeness (QED) is 0.856. The molecule has 0 spiro atoms. The van der Waals surface area contributed by atoms with Crippen molar-refractivity contribution in [3.05, 3.63) is 70.4 Å². The fourth-order valence-electron chi connectivity index (χ4n) is 2.42. The van der Waals surface area contributed by atoms with Gasteiger partial charge in [0.05, 0.1) is 13.7 Å². The summed E-state index contributed by atoms with van der Waals surface area (Å²) in [6.07, 6.45) is 1.73. The number of hydrogen-bond acceptors (Lipinski definition) is 3. The Kier molecular flexibility index (Phi) is 5.05. The number of rotatable bonds is 4. The first-order chi connectivity index (χ1) is 12.1. The van der Waals surface area contributed by atoms with Crippen molar-refractivity contribution in [2.75, 3.05) is 14.2 Å². The van der Waals surface area contributed by atoms with Gasteiger partial charge in [0.2, 0.25) is 5.96 Å². The summed E-state index contributed by atoms with van der Waals surface area (Å²) in [4.78, 5) is 18.4. The SMILES string of the molecule is COc1ccc(CN=C2N/C(=C\c3ccccc3Cl)C(=O)N2C)cc1. The van der Waals surface area contributed by atoms with Crippen LogP contribution in [-0.4, -0.2) is 30.9 Å². The van der Waals surface area contributed by atoms with Gasteiger partial charge in [-0.1, -0.05) is 41.9 Å². The molecule has 1 heterocycles. The van der Waals surface area contributed by atoms with Crippen LogP contribution in [0.4, 0.5) is 0 Å². The van der Waals surface area contributed by atoms with Gasteiger partial charge in [-0.2, -0.15) is 0 Å². The Balaban J connectivity index is 1.77. The lowest BCUT2D eigenvalue weighted by molar-refractivity contribution is -0.121. The van der Waals surface area contributed by atoms with E-state index in [-0.39, 0.29) is 5.91 Å². The van der Waals surface area contributed by atoms with E-state index in [1.807, 2.05) is 42.5 Å². The van der Waals surface area contributed by atoms with Gasteiger partial charge in [0.15, 0.2) is 0 Å². The molecule has 0 saturated carbocycles. The van der Waals surface area contributed by atoms with Gasteiger partial charge in [0.25, 0.3) is 5.91 Å². The maximum atomic E-state index is 12.4. The Labute approximate surface area is 151 Å². The maximum absolute atomic E-state index is 12.4. The predicted molar refractivity (Wildman–Crippen MR) is 99.5 cm³/mol. The number of halogens is 1. The molecule has 0 aliphatic carbocycles. The van der Waals surface area contributed by atoms with Gasteiger partial charge in [0, 0.05) is 12.1 Å². The highest BCUT2D eigenvalue weighted by Gasteiger charge is 2.28. The van der Waals surface area contributed by atoms with Crippen LogP contribution >= 0.6 is 11.6 Å². The first-order valence-corrected chi connectivity index (χ1v) is 8.15. The fourth-order valence-corrected chi connectivity index (χ4v) is 2.61. The topological polar surface area (TPSA) is 53.9 Å². The number of carbonyl (C=O) groups is 1. The number of aliphatic imine (C=N–C) groups is 1. The van der Waals surface area contributed by atoms with Crippen molar-refractivity contribution in [2.45, 2.75) is 6.54 Å². The van der Waals surface area contributed by atoms with Crippen LogP contribution in [0.3, 0.4) is 0 Å². The Morgan fingerprint density at radius 2 is 1.92 bits per heavy atom. The molecular weight excluding hydrogens is 338 g/mol.